The number of hydrogen-bond acceptors (Lipinski definition) is 4. The normalized spacial score (nSPS) is 45.2. The lowest BCUT2D eigenvalue weighted by Gasteiger charge is -2.63. The van der Waals surface area contributed by atoms with Crippen LogP contribution in [0.2, 0.25) is 5.02 Å². The van der Waals surface area contributed by atoms with E-state index in [9.17, 15) is 15.3 Å². The zero-order chi connectivity index (χ0) is 25.4. The average molecular weight is 515 g/mol. The molecular formula is C30H43ClN2O3. The average Bonchev–Trinajstić information content (AvgIpc) is 3.40. The maximum Gasteiger partial charge on any atom is 0.107 e. The molecule has 0 aliphatic heterocycles. The second kappa shape index (κ2) is 8.97. The first-order valence-electron chi connectivity index (χ1n) is 14.3. The van der Waals surface area contributed by atoms with Crippen LogP contribution < -0.4 is 0 Å². The first-order valence-corrected chi connectivity index (χ1v) is 14.7. The van der Waals surface area contributed by atoms with Gasteiger partial charge in [-0.3, -0.25) is 0 Å². The highest BCUT2D eigenvalue weighted by molar-refractivity contribution is 6.31. The molecule has 6 rings (SSSR count). The topological polar surface area (TPSA) is 89.4 Å². The molecule has 4 aliphatic carbocycles. The lowest BCUT2D eigenvalue weighted by atomic mass is 9.43. The molecule has 11 atom stereocenters. The number of nitrogens with zero attached hydrogens (tertiary/aromatic N) is 1. The summed E-state index contributed by atoms with van der Waals surface area (Å²) < 4.78 is 0. The number of aliphatic hydroxyl groups is 3. The van der Waals surface area contributed by atoms with Gasteiger partial charge in [-0.05, 0) is 116 Å². The summed E-state index contributed by atoms with van der Waals surface area (Å²) in [4.78, 5) is 8.20. The predicted molar refractivity (Wildman–Crippen MR) is 143 cm³/mol. The first kappa shape index (κ1) is 25.2. The molecule has 2 aromatic rings. The fourth-order valence-electron chi connectivity index (χ4n) is 9.85. The molecule has 5 nitrogen and oxygen atoms in total. The molecule has 1 heterocycles. The summed E-state index contributed by atoms with van der Waals surface area (Å²) in [7, 11) is 0. The SMILES string of the molecule is CC(CCc1nc2ccc(Cl)cc2[nH]1)[C@H]1CC[C@H]2[C@@H]3[C@H](O)C[C@@H]4C[C@H](O)CC[C@]4(C)[C@H]3C[C@H](O)[C@]12C. The Hall–Kier alpha value is -1.14. The highest BCUT2D eigenvalue weighted by atomic mass is 35.5. The first-order chi connectivity index (χ1) is 17.1. The molecule has 1 unspecified atom stereocenters. The number of halogens is 1. The number of fused-ring (bicyclic) bond motifs is 6. The Balaban J connectivity index is 1.20. The minimum absolute atomic E-state index is 0.124. The van der Waals surface area contributed by atoms with E-state index >= 15 is 0 Å². The number of aliphatic hydroxyl groups excluding tert-OH is 3. The molecule has 0 amide bonds. The third-order valence-corrected chi connectivity index (χ3v) is 12.1. The zero-order valence-corrected chi connectivity index (χ0v) is 22.7. The van der Waals surface area contributed by atoms with Crippen LogP contribution in [0.25, 0.3) is 11.0 Å². The largest absolute Gasteiger partial charge is 0.393 e. The van der Waals surface area contributed by atoms with Gasteiger partial charge in [-0.2, -0.15) is 0 Å². The fraction of sp³-hybridized carbons (Fsp3) is 0.767. The van der Waals surface area contributed by atoms with Gasteiger partial charge in [-0.1, -0.05) is 32.4 Å². The summed E-state index contributed by atoms with van der Waals surface area (Å²) in [6.45, 7) is 7.09. The number of H-pyrrole nitrogens is 1. The van der Waals surface area contributed by atoms with Crippen molar-refractivity contribution in [2.24, 2.45) is 46.3 Å². The van der Waals surface area contributed by atoms with Crippen LogP contribution in [0.15, 0.2) is 18.2 Å². The van der Waals surface area contributed by atoms with Gasteiger partial charge < -0.3 is 20.3 Å². The van der Waals surface area contributed by atoms with Crippen LogP contribution in [0.4, 0.5) is 0 Å². The summed E-state index contributed by atoms with van der Waals surface area (Å²) in [6, 6.07) is 5.78. The predicted octanol–water partition coefficient (Wildman–Crippen LogP) is 5.75. The third-order valence-electron chi connectivity index (χ3n) is 11.9. The molecule has 1 aromatic heterocycles. The van der Waals surface area contributed by atoms with Crippen molar-refractivity contribution in [1.29, 1.82) is 0 Å². The van der Waals surface area contributed by atoms with E-state index in [0.29, 0.717) is 29.6 Å². The summed E-state index contributed by atoms with van der Waals surface area (Å²) in [5.74, 6) is 3.27. The van der Waals surface area contributed by atoms with Crippen LogP contribution >= 0.6 is 11.6 Å². The molecule has 4 N–H and O–H groups in total. The van der Waals surface area contributed by atoms with E-state index in [0.717, 1.165) is 79.7 Å². The lowest BCUT2D eigenvalue weighted by molar-refractivity contribution is -0.207. The number of rotatable bonds is 4. The van der Waals surface area contributed by atoms with Crippen molar-refractivity contribution in [3.05, 3.63) is 29.0 Å². The van der Waals surface area contributed by atoms with E-state index in [1.165, 1.54) is 0 Å². The van der Waals surface area contributed by atoms with Crippen molar-refractivity contribution in [3.8, 4) is 0 Å². The van der Waals surface area contributed by atoms with Crippen LogP contribution in [0.5, 0.6) is 0 Å². The Morgan fingerprint density at radius 1 is 1.08 bits per heavy atom. The van der Waals surface area contributed by atoms with Gasteiger partial charge in [-0.15, -0.1) is 0 Å². The van der Waals surface area contributed by atoms with E-state index in [4.69, 9.17) is 16.6 Å². The molecule has 4 aliphatic rings. The molecule has 0 saturated heterocycles. The van der Waals surface area contributed by atoms with Crippen molar-refractivity contribution in [3.63, 3.8) is 0 Å². The number of aryl methyl sites for hydroxylation is 1. The Morgan fingerprint density at radius 3 is 2.69 bits per heavy atom. The second-order valence-corrected chi connectivity index (χ2v) is 13.8. The molecule has 1 aromatic carbocycles. The Kier molecular flexibility index (Phi) is 6.26. The molecule has 6 heteroatoms. The van der Waals surface area contributed by atoms with E-state index in [1.807, 2.05) is 18.2 Å². The minimum Gasteiger partial charge on any atom is -0.393 e. The highest BCUT2D eigenvalue weighted by Crippen LogP contribution is 2.68. The van der Waals surface area contributed by atoms with Gasteiger partial charge in [0.2, 0.25) is 0 Å². The quantitative estimate of drug-likeness (QED) is 0.418. The number of imidazole rings is 1. The van der Waals surface area contributed by atoms with Crippen molar-refractivity contribution >= 4 is 22.6 Å². The van der Waals surface area contributed by atoms with Gasteiger partial charge in [0.05, 0.1) is 29.3 Å². The standard InChI is InChI=1S/C30H43ClN2O3/c1-16(4-9-27-32-23-8-5-18(31)14-24(23)33-27)20-6-7-21-28-22(15-26(36)30(20,21)3)29(2)11-10-19(34)12-17(29)13-25(28)35/h5,8,14,16-17,19-22,25-26,28,34-36H,4,6-7,9-13,15H2,1-3H3,(H,32,33)/t16?,17-,19+,20+,21-,22-,25+,26-,28-,29-,30+/m0/s1. The van der Waals surface area contributed by atoms with Crippen LogP contribution in [-0.4, -0.2) is 43.6 Å². The molecule has 36 heavy (non-hydrogen) atoms. The Morgan fingerprint density at radius 2 is 1.89 bits per heavy atom. The van der Waals surface area contributed by atoms with E-state index in [1.54, 1.807) is 0 Å². The monoisotopic (exact) mass is 514 g/mol. The van der Waals surface area contributed by atoms with Gasteiger partial charge in [0.1, 0.15) is 5.82 Å². The summed E-state index contributed by atoms with van der Waals surface area (Å²) in [5.41, 5.74) is 1.91. The van der Waals surface area contributed by atoms with Gasteiger partial charge >= 0.3 is 0 Å². The van der Waals surface area contributed by atoms with Gasteiger partial charge in [0.15, 0.2) is 0 Å². The zero-order valence-electron chi connectivity index (χ0n) is 22.0. The molecule has 4 saturated carbocycles. The number of benzene rings is 1. The summed E-state index contributed by atoms with van der Waals surface area (Å²) >= 11 is 6.15. The van der Waals surface area contributed by atoms with Crippen LogP contribution in [0.1, 0.15) is 78.0 Å². The maximum atomic E-state index is 11.8. The molecule has 0 bridgehead atoms. The maximum absolute atomic E-state index is 11.8. The minimum atomic E-state index is -0.332. The lowest BCUT2D eigenvalue weighted by Crippen LogP contribution is -2.62. The molecule has 0 radical (unpaired) electrons. The summed E-state index contributed by atoms with van der Waals surface area (Å²) in [5, 5.41) is 34.3. The summed E-state index contributed by atoms with van der Waals surface area (Å²) in [6.07, 6.45) is 7.57. The van der Waals surface area contributed by atoms with Gasteiger partial charge in [0.25, 0.3) is 0 Å². The number of hydrogen-bond donors (Lipinski definition) is 4. The van der Waals surface area contributed by atoms with Crippen LogP contribution in [0, 0.1) is 46.3 Å². The van der Waals surface area contributed by atoms with Crippen LogP contribution in [-0.2, 0) is 6.42 Å². The molecular weight excluding hydrogens is 472 g/mol. The smallest absolute Gasteiger partial charge is 0.107 e. The van der Waals surface area contributed by atoms with E-state index in [2.05, 4.69) is 25.8 Å². The molecule has 0 spiro atoms. The highest BCUT2D eigenvalue weighted by Gasteiger charge is 2.65. The fourth-order valence-corrected chi connectivity index (χ4v) is 10.0. The Labute approximate surface area is 220 Å². The number of nitrogens with one attached hydrogen (secondary N) is 1. The van der Waals surface area contributed by atoms with Gasteiger partial charge in [-0.25, -0.2) is 4.98 Å². The van der Waals surface area contributed by atoms with Crippen molar-refractivity contribution in [2.75, 3.05) is 0 Å². The van der Waals surface area contributed by atoms with E-state index in [-0.39, 0.29) is 35.1 Å². The van der Waals surface area contributed by atoms with E-state index < -0.39 is 0 Å². The van der Waals surface area contributed by atoms with Gasteiger partial charge in [0, 0.05) is 11.4 Å². The number of aromatic amines is 1. The molecule has 4 fully saturated rings. The van der Waals surface area contributed by atoms with Crippen molar-refractivity contribution in [2.45, 2.75) is 96.9 Å². The second-order valence-electron chi connectivity index (χ2n) is 13.4. The number of aromatic nitrogens is 2. The van der Waals surface area contributed by atoms with Crippen LogP contribution in [0.3, 0.4) is 0 Å². The Bertz CT molecular complexity index is 1120. The third kappa shape index (κ3) is 3.79. The molecule has 198 valence electrons. The van der Waals surface area contributed by atoms with Crippen molar-refractivity contribution < 1.29 is 15.3 Å². The van der Waals surface area contributed by atoms with Crippen molar-refractivity contribution in [1.82, 2.24) is 9.97 Å².